The van der Waals surface area contributed by atoms with Gasteiger partial charge in [-0.2, -0.15) is 0 Å². The molecule has 0 heterocycles. The molecule has 4 heteroatoms. The summed E-state index contributed by atoms with van der Waals surface area (Å²) in [4.78, 5) is 27.3. The topological polar surface area (TPSA) is 49.4 Å². The summed E-state index contributed by atoms with van der Waals surface area (Å²) >= 11 is 0. The fourth-order valence-electron chi connectivity index (χ4n) is 3.63. The summed E-state index contributed by atoms with van der Waals surface area (Å²) in [5, 5.41) is 2.71. The summed E-state index contributed by atoms with van der Waals surface area (Å²) in [6.45, 7) is 9.07. The predicted molar refractivity (Wildman–Crippen MR) is 123 cm³/mol. The molecule has 0 radical (unpaired) electrons. The average molecular weight is 409 g/mol. The Morgan fingerprint density at radius 2 is 1.53 bits per heavy atom. The van der Waals surface area contributed by atoms with Gasteiger partial charge in [-0.1, -0.05) is 82.3 Å². The SMILES string of the molecule is CC[C@H](C(=O)NC)N(CCc1ccccc1)C(=O)CCc1ccc(C(C)(C)C)cc1. The maximum Gasteiger partial charge on any atom is 0.242 e. The number of carbonyl (C=O) groups is 2. The van der Waals surface area contributed by atoms with E-state index in [1.807, 2.05) is 25.1 Å². The summed E-state index contributed by atoms with van der Waals surface area (Å²) in [6.07, 6.45) is 2.41. The van der Waals surface area contributed by atoms with Crippen LogP contribution in [-0.4, -0.2) is 36.3 Å². The molecule has 0 spiro atoms. The lowest BCUT2D eigenvalue weighted by Crippen LogP contribution is -2.49. The quantitative estimate of drug-likeness (QED) is 0.663. The van der Waals surface area contributed by atoms with Gasteiger partial charge >= 0.3 is 0 Å². The van der Waals surface area contributed by atoms with Gasteiger partial charge in [0.05, 0.1) is 0 Å². The van der Waals surface area contributed by atoms with Gasteiger partial charge in [0, 0.05) is 20.0 Å². The molecule has 0 unspecified atom stereocenters. The molecule has 0 aliphatic rings. The van der Waals surface area contributed by atoms with Gasteiger partial charge in [0.25, 0.3) is 0 Å². The van der Waals surface area contributed by atoms with Crippen LogP contribution < -0.4 is 5.32 Å². The molecule has 2 rings (SSSR count). The molecule has 0 saturated heterocycles. The zero-order chi connectivity index (χ0) is 22.1. The van der Waals surface area contributed by atoms with Crippen LogP contribution in [0.15, 0.2) is 54.6 Å². The summed E-state index contributed by atoms with van der Waals surface area (Å²) < 4.78 is 0. The van der Waals surface area contributed by atoms with Crippen LogP contribution in [-0.2, 0) is 27.8 Å². The van der Waals surface area contributed by atoms with E-state index in [-0.39, 0.29) is 17.2 Å². The van der Waals surface area contributed by atoms with E-state index in [0.717, 1.165) is 12.0 Å². The number of hydrogen-bond acceptors (Lipinski definition) is 2. The monoisotopic (exact) mass is 408 g/mol. The first kappa shape index (κ1) is 23.7. The lowest BCUT2D eigenvalue weighted by atomic mass is 9.86. The lowest BCUT2D eigenvalue weighted by molar-refractivity contribution is -0.140. The van der Waals surface area contributed by atoms with Crippen molar-refractivity contribution in [3.63, 3.8) is 0 Å². The van der Waals surface area contributed by atoms with Gasteiger partial charge in [0.15, 0.2) is 0 Å². The van der Waals surface area contributed by atoms with Crippen molar-refractivity contribution in [1.82, 2.24) is 10.2 Å². The summed E-state index contributed by atoms with van der Waals surface area (Å²) in [6, 6.07) is 18.2. The van der Waals surface area contributed by atoms with E-state index in [4.69, 9.17) is 0 Å². The Morgan fingerprint density at radius 3 is 2.07 bits per heavy atom. The van der Waals surface area contributed by atoms with Gasteiger partial charge in [0.1, 0.15) is 6.04 Å². The zero-order valence-electron chi connectivity index (χ0n) is 19.1. The molecule has 30 heavy (non-hydrogen) atoms. The van der Waals surface area contributed by atoms with Gasteiger partial charge in [-0.15, -0.1) is 0 Å². The van der Waals surface area contributed by atoms with Crippen molar-refractivity contribution in [3.8, 4) is 0 Å². The van der Waals surface area contributed by atoms with Crippen LogP contribution in [0.3, 0.4) is 0 Å². The number of rotatable bonds is 9. The van der Waals surface area contributed by atoms with Crippen molar-refractivity contribution in [1.29, 1.82) is 0 Å². The first-order valence-corrected chi connectivity index (χ1v) is 10.9. The molecule has 0 aromatic heterocycles. The highest BCUT2D eigenvalue weighted by Gasteiger charge is 2.27. The number of aryl methyl sites for hydroxylation is 1. The van der Waals surface area contributed by atoms with Crippen LogP contribution in [0.2, 0.25) is 0 Å². The molecule has 0 bridgehead atoms. The number of likely N-dealkylation sites (N-methyl/N-ethyl adjacent to an activating group) is 1. The number of nitrogens with zero attached hydrogens (tertiary/aromatic N) is 1. The Bertz CT molecular complexity index is 807. The Morgan fingerprint density at radius 1 is 0.933 bits per heavy atom. The summed E-state index contributed by atoms with van der Waals surface area (Å²) in [5.74, 6) is -0.0743. The molecule has 2 amide bonds. The third-order valence-corrected chi connectivity index (χ3v) is 5.56. The molecular formula is C26H36N2O2. The van der Waals surface area contributed by atoms with E-state index in [1.54, 1.807) is 11.9 Å². The predicted octanol–water partition coefficient (Wildman–Crippen LogP) is 4.51. The Kier molecular flexibility index (Phi) is 8.64. The highest BCUT2D eigenvalue weighted by Crippen LogP contribution is 2.22. The summed E-state index contributed by atoms with van der Waals surface area (Å²) in [7, 11) is 1.63. The van der Waals surface area contributed by atoms with E-state index < -0.39 is 6.04 Å². The Hall–Kier alpha value is -2.62. The van der Waals surface area contributed by atoms with Crippen molar-refractivity contribution in [2.24, 2.45) is 0 Å². The zero-order valence-corrected chi connectivity index (χ0v) is 19.1. The van der Waals surface area contributed by atoms with Crippen LogP contribution in [0, 0.1) is 0 Å². The van der Waals surface area contributed by atoms with Gasteiger partial charge in [-0.3, -0.25) is 9.59 Å². The van der Waals surface area contributed by atoms with E-state index in [2.05, 4.69) is 62.5 Å². The van der Waals surface area contributed by atoms with Gasteiger partial charge in [-0.05, 0) is 41.4 Å². The van der Waals surface area contributed by atoms with E-state index >= 15 is 0 Å². The molecule has 1 N–H and O–H groups in total. The smallest absolute Gasteiger partial charge is 0.242 e. The molecule has 0 fully saturated rings. The molecular weight excluding hydrogens is 372 g/mol. The number of nitrogens with one attached hydrogen (secondary N) is 1. The van der Waals surface area contributed by atoms with Gasteiger partial charge < -0.3 is 10.2 Å². The van der Waals surface area contributed by atoms with E-state index in [0.29, 0.717) is 25.8 Å². The Balaban J connectivity index is 2.08. The molecule has 0 aliphatic heterocycles. The van der Waals surface area contributed by atoms with E-state index in [9.17, 15) is 9.59 Å². The third-order valence-electron chi connectivity index (χ3n) is 5.56. The van der Waals surface area contributed by atoms with Crippen molar-refractivity contribution >= 4 is 11.8 Å². The fraction of sp³-hybridized carbons (Fsp3) is 0.462. The minimum absolute atomic E-state index is 0.0290. The van der Waals surface area contributed by atoms with E-state index in [1.165, 1.54) is 11.1 Å². The Labute approximate surface area is 181 Å². The molecule has 2 aromatic carbocycles. The van der Waals surface area contributed by atoms with Crippen molar-refractivity contribution in [2.45, 2.75) is 64.8 Å². The van der Waals surface area contributed by atoms with Gasteiger partial charge in [-0.25, -0.2) is 0 Å². The van der Waals surface area contributed by atoms with Crippen LogP contribution in [0.25, 0.3) is 0 Å². The highest BCUT2D eigenvalue weighted by atomic mass is 16.2. The standard InChI is InChI=1S/C26H36N2O2/c1-6-23(25(30)27-5)28(19-18-20-10-8-7-9-11-20)24(29)17-14-21-12-15-22(16-13-21)26(2,3)4/h7-13,15-16,23H,6,14,17-19H2,1-5H3,(H,27,30)/t23-/m1/s1. The van der Waals surface area contributed by atoms with Gasteiger partial charge in [0.2, 0.25) is 11.8 Å². The van der Waals surface area contributed by atoms with Crippen molar-refractivity contribution in [2.75, 3.05) is 13.6 Å². The second kappa shape index (κ2) is 11.0. The number of amides is 2. The van der Waals surface area contributed by atoms with Crippen LogP contribution >= 0.6 is 0 Å². The number of hydrogen-bond donors (Lipinski definition) is 1. The largest absolute Gasteiger partial charge is 0.357 e. The second-order valence-corrected chi connectivity index (χ2v) is 8.81. The second-order valence-electron chi connectivity index (χ2n) is 8.81. The van der Waals surface area contributed by atoms with Crippen molar-refractivity contribution in [3.05, 3.63) is 71.3 Å². The molecule has 0 aliphatic carbocycles. The third kappa shape index (κ3) is 6.72. The fourth-order valence-corrected chi connectivity index (χ4v) is 3.63. The maximum absolute atomic E-state index is 13.1. The molecule has 0 saturated carbocycles. The minimum atomic E-state index is -0.436. The maximum atomic E-state index is 13.1. The summed E-state index contributed by atoms with van der Waals surface area (Å²) in [5.41, 5.74) is 3.71. The van der Waals surface area contributed by atoms with Crippen LogP contribution in [0.1, 0.15) is 57.2 Å². The minimum Gasteiger partial charge on any atom is -0.357 e. The normalized spacial score (nSPS) is 12.3. The molecule has 1 atom stereocenters. The molecule has 2 aromatic rings. The highest BCUT2D eigenvalue weighted by molar-refractivity contribution is 5.87. The van der Waals surface area contributed by atoms with Crippen molar-refractivity contribution < 1.29 is 9.59 Å². The number of carbonyl (C=O) groups excluding carboxylic acids is 2. The van der Waals surface area contributed by atoms with Crippen LogP contribution in [0.4, 0.5) is 0 Å². The average Bonchev–Trinajstić information content (AvgIpc) is 2.74. The molecule has 162 valence electrons. The van der Waals surface area contributed by atoms with Crippen LogP contribution in [0.5, 0.6) is 0 Å². The number of benzene rings is 2. The molecule has 4 nitrogen and oxygen atoms in total. The first-order chi connectivity index (χ1) is 14.3. The lowest BCUT2D eigenvalue weighted by Gasteiger charge is -2.30. The first-order valence-electron chi connectivity index (χ1n) is 10.9.